The second-order valence-electron chi connectivity index (χ2n) is 9.76. The molecule has 0 amide bonds. The second-order valence-corrected chi connectivity index (χ2v) is 9.76. The van der Waals surface area contributed by atoms with Gasteiger partial charge in [-0.05, 0) is 85.9 Å². The first-order chi connectivity index (χ1) is 11.3. The van der Waals surface area contributed by atoms with Crippen LogP contribution < -0.4 is 0 Å². The lowest BCUT2D eigenvalue weighted by Crippen LogP contribution is -2.48. The zero-order valence-electron chi connectivity index (χ0n) is 15.9. The van der Waals surface area contributed by atoms with E-state index in [0.717, 1.165) is 30.6 Å². The highest BCUT2D eigenvalue weighted by Crippen LogP contribution is 2.65. The number of rotatable bonds is 1. The van der Waals surface area contributed by atoms with Gasteiger partial charge in [0.05, 0.1) is 0 Å². The molecule has 24 heavy (non-hydrogen) atoms. The molecule has 0 aromatic heterocycles. The van der Waals surface area contributed by atoms with Gasteiger partial charge in [0.2, 0.25) is 0 Å². The molecule has 0 N–H and O–H groups in total. The van der Waals surface area contributed by atoms with Crippen LogP contribution in [0.1, 0.15) is 79.1 Å². The van der Waals surface area contributed by atoms with Crippen molar-refractivity contribution in [2.24, 2.45) is 34.5 Å². The molecule has 0 aromatic carbocycles. The highest BCUT2D eigenvalue weighted by atomic mass is 16.5. The molecule has 2 nitrogen and oxygen atoms in total. The molecule has 134 valence electrons. The summed E-state index contributed by atoms with van der Waals surface area (Å²) in [4.78, 5) is 11.3. The van der Waals surface area contributed by atoms with Gasteiger partial charge in [-0.1, -0.05) is 32.4 Å². The Morgan fingerprint density at radius 3 is 2.71 bits per heavy atom. The molecule has 0 saturated heterocycles. The zero-order valence-corrected chi connectivity index (χ0v) is 15.9. The van der Waals surface area contributed by atoms with Crippen molar-refractivity contribution in [1.82, 2.24) is 0 Å². The average Bonchev–Trinajstić information content (AvgIpc) is 2.83. The van der Waals surface area contributed by atoms with Crippen LogP contribution >= 0.6 is 0 Å². The molecule has 3 fully saturated rings. The van der Waals surface area contributed by atoms with Crippen LogP contribution in [0, 0.1) is 34.5 Å². The number of hydrogen-bond acceptors (Lipinski definition) is 2. The van der Waals surface area contributed by atoms with Crippen molar-refractivity contribution in [2.45, 2.75) is 85.2 Å². The highest BCUT2D eigenvalue weighted by Gasteiger charge is 2.56. The Kier molecular flexibility index (Phi) is 3.89. The number of allylic oxidation sites excluding steroid dienone is 2. The van der Waals surface area contributed by atoms with Crippen LogP contribution in [0.4, 0.5) is 0 Å². The van der Waals surface area contributed by atoms with Crippen molar-refractivity contribution in [3.05, 3.63) is 11.6 Å². The largest absolute Gasteiger partial charge is 0.463 e. The molecule has 0 aromatic rings. The van der Waals surface area contributed by atoms with E-state index in [1.165, 1.54) is 38.5 Å². The van der Waals surface area contributed by atoms with Crippen molar-refractivity contribution in [3.8, 4) is 0 Å². The number of ether oxygens (including phenoxy) is 1. The third kappa shape index (κ3) is 2.31. The van der Waals surface area contributed by atoms with Crippen LogP contribution in [0.5, 0.6) is 0 Å². The Morgan fingerprint density at radius 2 is 1.96 bits per heavy atom. The summed E-state index contributed by atoms with van der Waals surface area (Å²) in [6.45, 7) is 9.13. The van der Waals surface area contributed by atoms with E-state index in [4.69, 9.17) is 4.74 Å². The van der Waals surface area contributed by atoms with Crippen LogP contribution in [-0.2, 0) is 9.53 Å². The maximum Gasteiger partial charge on any atom is 0.302 e. The van der Waals surface area contributed by atoms with Gasteiger partial charge >= 0.3 is 5.97 Å². The molecule has 2 heteroatoms. The van der Waals surface area contributed by atoms with Crippen LogP contribution in [0.15, 0.2) is 11.6 Å². The molecule has 4 rings (SSSR count). The molecule has 0 aliphatic heterocycles. The third-order valence-electron chi connectivity index (χ3n) is 8.78. The fourth-order valence-electron chi connectivity index (χ4n) is 7.08. The van der Waals surface area contributed by atoms with Gasteiger partial charge in [-0.15, -0.1) is 0 Å². The van der Waals surface area contributed by atoms with Gasteiger partial charge in [0.25, 0.3) is 0 Å². The summed E-state index contributed by atoms with van der Waals surface area (Å²) >= 11 is 0. The van der Waals surface area contributed by atoms with Crippen molar-refractivity contribution in [1.29, 1.82) is 0 Å². The Morgan fingerprint density at radius 1 is 1.17 bits per heavy atom. The van der Waals surface area contributed by atoms with E-state index in [2.05, 4.69) is 26.8 Å². The summed E-state index contributed by atoms with van der Waals surface area (Å²) in [5.41, 5.74) is 2.72. The standard InChI is InChI=1S/C22H34O2/c1-14-5-8-19-18-7-6-16-13-17(24-15(2)23)9-11-22(16,4)20(18)10-12-21(14,19)3/h10,14,16-19H,5-9,11-13H2,1-4H3/t14?,16-,17-,18?,19?,21-,22+/m1/s1. The number of esters is 1. The van der Waals surface area contributed by atoms with Crippen LogP contribution in [0.2, 0.25) is 0 Å². The molecule has 7 atom stereocenters. The minimum Gasteiger partial charge on any atom is -0.463 e. The van der Waals surface area contributed by atoms with Gasteiger partial charge in [0.15, 0.2) is 0 Å². The Bertz CT molecular complexity index is 564. The van der Waals surface area contributed by atoms with E-state index in [-0.39, 0.29) is 12.1 Å². The summed E-state index contributed by atoms with van der Waals surface area (Å²) in [7, 11) is 0. The summed E-state index contributed by atoms with van der Waals surface area (Å²) in [6.07, 6.45) is 13.0. The summed E-state index contributed by atoms with van der Waals surface area (Å²) in [6, 6.07) is 0. The molecule has 4 aliphatic carbocycles. The summed E-state index contributed by atoms with van der Waals surface area (Å²) in [5.74, 6) is 3.23. The normalized spacial score (nSPS) is 50.3. The van der Waals surface area contributed by atoms with E-state index >= 15 is 0 Å². The fraction of sp³-hybridized carbons (Fsp3) is 0.864. The van der Waals surface area contributed by atoms with Gasteiger partial charge in [0, 0.05) is 6.92 Å². The van der Waals surface area contributed by atoms with Crippen LogP contribution in [0.3, 0.4) is 0 Å². The van der Waals surface area contributed by atoms with E-state index in [1.807, 2.05) is 0 Å². The first kappa shape index (κ1) is 16.7. The smallest absolute Gasteiger partial charge is 0.302 e. The maximum atomic E-state index is 11.3. The van der Waals surface area contributed by atoms with Crippen LogP contribution in [0.25, 0.3) is 0 Å². The Hall–Kier alpha value is -0.790. The van der Waals surface area contributed by atoms with Gasteiger partial charge in [-0.2, -0.15) is 0 Å². The Labute approximate surface area is 147 Å². The van der Waals surface area contributed by atoms with Crippen LogP contribution in [-0.4, -0.2) is 12.1 Å². The first-order valence-electron chi connectivity index (χ1n) is 10.2. The summed E-state index contributed by atoms with van der Waals surface area (Å²) < 4.78 is 5.56. The zero-order chi connectivity index (χ0) is 17.1. The van der Waals surface area contributed by atoms with Gasteiger partial charge in [-0.25, -0.2) is 0 Å². The third-order valence-corrected chi connectivity index (χ3v) is 8.78. The number of hydrogen-bond donors (Lipinski definition) is 0. The Balaban J connectivity index is 1.59. The summed E-state index contributed by atoms with van der Waals surface area (Å²) in [5, 5.41) is 0. The van der Waals surface area contributed by atoms with Crippen molar-refractivity contribution >= 4 is 5.97 Å². The predicted molar refractivity (Wildman–Crippen MR) is 96.4 cm³/mol. The fourth-order valence-corrected chi connectivity index (χ4v) is 7.08. The van der Waals surface area contributed by atoms with E-state index in [9.17, 15) is 4.79 Å². The molecule has 0 spiro atoms. The van der Waals surface area contributed by atoms with E-state index in [0.29, 0.717) is 16.7 Å². The molecule has 0 bridgehead atoms. The minimum atomic E-state index is -0.107. The molecule has 3 saturated carbocycles. The van der Waals surface area contributed by atoms with Crippen molar-refractivity contribution in [2.75, 3.05) is 0 Å². The van der Waals surface area contributed by atoms with E-state index in [1.54, 1.807) is 12.5 Å². The quantitative estimate of drug-likeness (QED) is 0.467. The lowest BCUT2D eigenvalue weighted by molar-refractivity contribution is -0.151. The predicted octanol–water partition coefficient (Wildman–Crippen LogP) is 5.52. The molecule has 0 heterocycles. The number of carbonyl (C=O) groups excluding carboxylic acids is 1. The first-order valence-corrected chi connectivity index (χ1v) is 10.2. The van der Waals surface area contributed by atoms with Crippen molar-refractivity contribution in [3.63, 3.8) is 0 Å². The molecule has 4 aliphatic rings. The maximum absolute atomic E-state index is 11.3. The molecular weight excluding hydrogens is 296 g/mol. The highest BCUT2D eigenvalue weighted by molar-refractivity contribution is 5.66. The number of carbonyl (C=O) groups is 1. The lowest BCUT2D eigenvalue weighted by atomic mass is 9.49. The topological polar surface area (TPSA) is 26.3 Å². The van der Waals surface area contributed by atoms with E-state index < -0.39 is 0 Å². The van der Waals surface area contributed by atoms with Gasteiger partial charge < -0.3 is 4.74 Å². The lowest BCUT2D eigenvalue weighted by Gasteiger charge is -2.56. The monoisotopic (exact) mass is 330 g/mol. The molecule has 0 radical (unpaired) electrons. The van der Waals surface area contributed by atoms with Gasteiger partial charge in [-0.3, -0.25) is 4.79 Å². The SMILES string of the molecule is CC(=O)O[C@@H]1CC[C@]2(C)C3=CC[C@]4(C)C(C)CCC4C3CC[C@@H]2C1. The average molecular weight is 331 g/mol. The second kappa shape index (κ2) is 5.61. The number of fused-ring (bicyclic) bond motifs is 5. The minimum absolute atomic E-state index is 0.107. The molecular formula is C22H34O2. The molecule has 3 unspecified atom stereocenters. The van der Waals surface area contributed by atoms with Crippen molar-refractivity contribution < 1.29 is 9.53 Å². The van der Waals surface area contributed by atoms with Gasteiger partial charge in [0.1, 0.15) is 6.10 Å².